The number of carboxylic acids is 1. The third kappa shape index (κ3) is 5.19. The topological polar surface area (TPSA) is 92.7 Å². The molecule has 164 valence electrons. The van der Waals surface area contributed by atoms with Gasteiger partial charge in [0, 0.05) is 0 Å². The van der Waals surface area contributed by atoms with E-state index >= 15 is 0 Å². The molecule has 1 aliphatic rings. The van der Waals surface area contributed by atoms with Gasteiger partial charge in [-0.2, -0.15) is 0 Å². The van der Waals surface area contributed by atoms with Crippen molar-refractivity contribution in [2.45, 2.75) is 31.8 Å². The molecule has 0 aromatic heterocycles. The van der Waals surface area contributed by atoms with Gasteiger partial charge in [0.2, 0.25) is 12.0 Å². The van der Waals surface area contributed by atoms with E-state index < -0.39 is 53.0 Å². The van der Waals surface area contributed by atoms with Crippen LogP contribution in [-0.2, 0) is 19.1 Å². The molecule has 6 nitrogen and oxygen atoms in total. The molecule has 0 radical (unpaired) electrons. The van der Waals surface area contributed by atoms with Crippen molar-refractivity contribution in [1.82, 2.24) is 0 Å². The highest BCUT2D eigenvalue weighted by Gasteiger charge is 2.40. The summed E-state index contributed by atoms with van der Waals surface area (Å²) in [6, 6.07) is 9.43. The number of para-hydroxylation sites is 1. The molecule has 2 N–H and O–H groups in total. The minimum Gasteiger partial charge on any atom is -0.478 e. The second-order valence-corrected chi connectivity index (χ2v) is 7.66. The summed E-state index contributed by atoms with van der Waals surface area (Å²) in [4.78, 5) is 37.2. The summed E-state index contributed by atoms with van der Waals surface area (Å²) < 4.78 is 33.2. The Morgan fingerprint density at radius 2 is 1.61 bits per heavy atom. The number of esters is 1. The number of carbonyl (C=O) groups excluding carboxylic acids is 2. The molecule has 0 aliphatic heterocycles. The SMILES string of the molecule is O=C(O)C(OC(=O)[C@@H]1CCCC[C@@H]1C(=O)Nc1ccccc1Cl)c1c(F)cccc1F. The third-order valence-electron chi connectivity index (χ3n) is 5.26. The van der Waals surface area contributed by atoms with Gasteiger partial charge in [-0.05, 0) is 37.1 Å². The molecule has 0 heterocycles. The zero-order valence-electron chi connectivity index (χ0n) is 16.3. The Balaban J connectivity index is 1.80. The molecule has 0 spiro atoms. The number of carboxylic acid groups (broad SMARTS) is 1. The van der Waals surface area contributed by atoms with Gasteiger partial charge in [-0.1, -0.05) is 42.6 Å². The summed E-state index contributed by atoms with van der Waals surface area (Å²) >= 11 is 6.06. The van der Waals surface area contributed by atoms with Crippen molar-refractivity contribution in [2.24, 2.45) is 11.8 Å². The Morgan fingerprint density at radius 3 is 2.23 bits per heavy atom. The molecule has 2 aromatic carbocycles. The van der Waals surface area contributed by atoms with Gasteiger partial charge < -0.3 is 15.2 Å². The van der Waals surface area contributed by atoms with Gasteiger partial charge in [0.05, 0.1) is 28.1 Å². The quantitative estimate of drug-likeness (QED) is 0.619. The van der Waals surface area contributed by atoms with Gasteiger partial charge in [-0.25, -0.2) is 13.6 Å². The maximum absolute atomic E-state index is 14.1. The molecule has 3 atom stereocenters. The molecule has 2 aromatic rings. The Labute approximate surface area is 182 Å². The molecule has 3 rings (SSSR count). The number of amides is 1. The van der Waals surface area contributed by atoms with Gasteiger partial charge in [0.15, 0.2) is 0 Å². The first-order chi connectivity index (χ1) is 14.8. The highest BCUT2D eigenvalue weighted by molar-refractivity contribution is 6.33. The van der Waals surface area contributed by atoms with E-state index in [-0.39, 0.29) is 6.42 Å². The smallest absolute Gasteiger partial charge is 0.350 e. The van der Waals surface area contributed by atoms with Crippen molar-refractivity contribution in [3.05, 3.63) is 64.7 Å². The average molecular weight is 452 g/mol. The fourth-order valence-corrected chi connectivity index (χ4v) is 3.90. The highest BCUT2D eigenvalue weighted by Crippen LogP contribution is 2.35. The van der Waals surface area contributed by atoms with Crippen LogP contribution in [0.5, 0.6) is 0 Å². The van der Waals surface area contributed by atoms with Crippen LogP contribution in [0.25, 0.3) is 0 Å². The number of anilines is 1. The van der Waals surface area contributed by atoms with Crippen LogP contribution >= 0.6 is 11.6 Å². The van der Waals surface area contributed by atoms with E-state index in [9.17, 15) is 28.3 Å². The van der Waals surface area contributed by atoms with Crippen molar-refractivity contribution in [1.29, 1.82) is 0 Å². The molecular weight excluding hydrogens is 432 g/mol. The Kier molecular flexibility index (Phi) is 7.22. The van der Waals surface area contributed by atoms with Crippen LogP contribution in [0.15, 0.2) is 42.5 Å². The van der Waals surface area contributed by atoms with Gasteiger partial charge in [-0.15, -0.1) is 0 Å². The number of halogens is 3. The Bertz CT molecular complexity index is 979. The predicted molar refractivity (Wildman–Crippen MR) is 108 cm³/mol. The molecule has 0 bridgehead atoms. The van der Waals surface area contributed by atoms with Crippen molar-refractivity contribution in [3.63, 3.8) is 0 Å². The van der Waals surface area contributed by atoms with Crippen molar-refractivity contribution in [2.75, 3.05) is 5.32 Å². The number of hydrogen-bond acceptors (Lipinski definition) is 4. The lowest BCUT2D eigenvalue weighted by atomic mass is 9.78. The second-order valence-electron chi connectivity index (χ2n) is 7.26. The second kappa shape index (κ2) is 9.87. The van der Waals surface area contributed by atoms with Gasteiger partial charge in [-0.3, -0.25) is 9.59 Å². The fraction of sp³-hybridized carbons (Fsp3) is 0.318. The van der Waals surface area contributed by atoms with E-state index in [1.807, 2.05) is 0 Å². The molecule has 1 aliphatic carbocycles. The third-order valence-corrected chi connectivity index (χ3v) is 5.59. The molecule has 1 fully saturated rings. The summed E-state index contributed by atoms with van der Waals surface area (Å²) in [5, 5.41) is 12.4. The lowest BCUT2D eigenvalue weighted by Gasteiger charge is -2.30. The first-order valence-corrected chi connectivity index (χ1v) is 10.1. The van der Waals surface area contributed by atoms with Crippen LogP contribution in [0.3, 0.4) is 0 Å². The molecule has 1 unspecified atom stereocenters. The van der Waals surface area contributed by atoms with Crippen LogP contribution in [0.1, 0.15) is 37.4 Å². The van der Waals surface area contributed by atoms with E-state index in [1.54, 1.807) is 24.3 Å². The van der Waals surface area contributed by atoms with Gasteiger partial charge in [0.25, 0.3) is 0 Å². The van der Waals surface area contributed by atoms with E-state index in [4.69, 9.17) is 16.3 Å². The van der Waals surface area contributed by atoms with Crippen LogP contribution in [0.2, 0.25) is 5.02 Å². The maximum Gasteiger partial charge on any atom is 0.350 e. The summed E-state index contributed by atoms with van der Waals surface area (Å²) in [5.74, 6) is -7.20. The normalized spacial score (nSPS) is 19.3. The Morgan fingerprint density at radius 1 is 1.00 bits per heavy atom. The summed E-state index contributed by atoms with van der Waals surface area (Å²) in [6.45, 7) is 0. The van der Waals surface area contributed by atoms with Crippen LogP contribution in [-0.4, -0.2) is 23.0 Å². The monoisotopic (exact) mass is 451 g/mol. The molecule has 31 heavy (non-hydrogen) atoms. The minimum atomic E-state index is -2.16. The lowest BCUT2D eigenvalue weighted by Crippen LogP contribution is -2.38. The van der Waals surface area contributed by atoms with E-state index in [1.165, 1.54) is 0 Å². The lowest BCUT2D eigenvalue weighted by molar-refractivity contribution is -0.170. The van der Waals surface area contributed by atoms with Crippen molar-refractivity contribution in [3.8, 4) is 0 Å². The van der Waals surface area contributed by atoms with Crippen LogP contribution < -0.4 is 5.32 Å². The van der Waals surface area contributed by atoms with E-state index in [0.717, 1.165) is 18.2 Å². The summed E-state index contributed by atoms with van der Waals surface area (Å²) in [5.41, 5.74) is -0.486. The predicted octanol–water partition coefficient (Wildman–Crippen LogP) is 4.73. The number of rotatable bonds is 6. The number of aliphatic carboxylic acids is 1. The number of benzene rings is 2. The molecule has 1 amide bonds. The first kappa shape index (κ1) is 22.7. The minimum absolute atomic E-state index is 0.283. The molecule has 0 saturated heterocycles. The molecule has 9 heteroatoms. The number of nitrogens with one attached hydrogen (secondary N) is 1. The van der Waals surface area contributed by atoms with E-state index in [0.29, 0.717) is 30.0 Å². The number of hydrogen-bond donors (Lipinski definition) is 2. The maximum atomic E-state index is 14.1. The highest BCUT2D eigenvalue weighted by atomic mass is 35.5. The first-order valence-electron chi connectivity index (χ1n) is 9.72. The van der Waals surface area contributed by atoms with E-state index in [2.05, 4.69) is 5.32 Å². The van der Waals surface area contributed by atoms with Gasteiger partial charge in [0.1, 0.15) is 11.6 Å². The number of carbonyl (C=O) groups is 3. The zero-order valence-corrected chi connectivity index (χ0v) is 17.1. The van der Waals surface area contributed by atoms with Crippen LogP contribution in [0, 0.1) is 23.5 Å². The standard InChI is InChI=1S/C22H20ClF2NO5/c23-14-8-3-4-11-17(14)26-20(27)12-6-1-2-7-13(12)22(30)31-19(21(28)29)18-15(24)9-5-10-16(18)25/h3-5,8-13,19H,1-2,6-7H2,(H,26,27)(H,28,29)/t12-,13+,19?/m0/s1. The fourth-order valence-electron chi connectivity index (χ4n) is 3.71. The largest absolute Gasteiger partial charge is 0.478 e. The summed E-state index contributed by atoms with van der Waals surface area (Å²) in [6.07, 6.45) is -0.188. The molecule has 1 saturated carbocycles. The van der Waals surface area contributed by atoms with Crippen LogP contribution in [0.4, 0.5) is 14.5 Å². The van der Waals surface area contributed by atoms with Crippen molar-refractivity contribution < 1.29 is 33.0 Å². The number of ether oxygens (including phenoxy) is 1. The molecular formula is C22H20ClF2NO5. The van der Waals surface area contributed by atoms with Gasteiger partial charge >= 0.3 is 11.9 Å². The zero-order chi connectivity index (χ0) is 22.5. The Hall–Kier alpha value is -3.00. The summed E-state index contributed by atoms with van der Waals surface area (Å²) in [7, 11) is 0. The average Bonchev–Trinajstić information content (AvgIpc) is 2.74. The van der Waals surface area contributed by atoms with Crippen molar-refractivity contribution >= 4 is 35.1 Å².